The van der Waals surface area contributed by atoms with Gasteiger partial charge in [0.2, 0.25) is 0 Å². The van der Waals surface area contributed by atoms with Gasteiger partial charge >= 0.3 is 24.7 Å². The Balaban J connectivity index is 2.62. The molecular formula is C27H29F12NOSi. The number of hydrogen-bond donors (Lipinski definition) is 1. The van der Waals surface area contributed by atoms with Gasteiger partial charge in [0.1, 0.15) is 5.60 Å². The Labute approximate surface area is 235 Å². The zero-order chi connectivity index (χ0) is 31.9. The third-order valence-corrected chi connectivity index (χ3v) is 12.5. The van der Waals surface area contributed by atoms with Crippen molar-refractivity contribution in [3.8, 4) is 0 Å². The normalized spacial score (nSPS) is 17.6. The molecule has 2 aromatic carbocycles. The Bertz CT molecular complexity index is 1090. The SMILES string of the molecule is CC[Si](CC)(CC)OC(c1cc(C(F)(F)F)cc(C(F)(F)F)c1)(c1cc(C(F)(F)F)cc(C(F)(F)F)c1)C1CCCN1. The fourth-order valence-electron chi connectivity index (χ4n) is 5.44. The van der Waals surface area contributed by atoms with Gasteiger partial charge in [-0.2, -0.15) is 52.7 Å². The molecule has 1 aliphatic rings. The maximum absolute atomic E-state index is 14.0. The van der Waals surface area contributed by atoms with Gasteiger partial charge in [-0.15, -0.1) is 0 Å². The van der Waals surface area contributed by atoms with E-state index in [2.05, 4.69) is 5.32 Å². The van der Waals surface area contributed by atoms with Gasteiger partial charge in [-0.3, -0.25) is 0 Å². The van der Waals surface area contributed by atoms with Crippen LogP contribution in [0.2, 0.25) is 18.1 Å². The first-order valence-corrected chi connectivity index (χ1v) is 15.7. The van der Waals surface area contributed by atoms with Crippen LogP contribution >= 0.6 is 0 Å². The third kappa shape index (κ3) is 6.93. The number of rotatable bonds is 8. The molecule has 0 saturated carbocycles. The lowest BCUT2D eigenvalue weighted by Crippen LogP contribution is -2.55. The maximum Gasteiger partial charge on any atom is 0.416 e. The molecule has 1 aliphatic heterocycles. The summed E-state index contributed by atoms with van der Waals surface area (Å²) in [4.78, 5) is 0. The van der Waals surface area contributed by atoms with Crippen molar-refractivity contribution in [2.45, 2.75) is 88.1 Å². The summed E-state index contributed by atoms with van der Waals surface area (Å²) >= 11 is 0. The van der Waals surface area contributed by atoms with Crippen LogP contribution < -0.4 is 5.32 Å². The number of hydrogen-bond acceptors (Lipinski definition) is 2. The van der Waals surface area contributed by atoms with E-state index in [1.54, 1.807) is 20.8 Å². The van der Waals surface area contributed by atoms with Gasteiger partial charge in [0.25, 0.3) is 0 Å². The van der Waals surface area contributed by atoms with Crippen LogP contribution in [0.25, 0.3) is 0 Å². The van der Waals surface area contributed by atoms with Crippen LogP contribution in [0.3, 0.4) is 0 Å². The molecule has 1 fully saturated rings. The van der Waals surface area contributed by atoms with E-state index >= 15 is 0 Å². The molecule has 0 spiro atoms. The minimum Gasteiger partial charge on any atom is -0.402 e. The fraction of sp³-hybridized carbons (Fsp3) is 0.556. The third-order valence-electron chi connectivity index (χ3n) is 7.89. The molecule has 3 rings (SSSR count). The topological polar surface area (TPSA) is 21.3 Å². The Kier molecular flexibility index (Phi) is 9.52. The smallest absolute Gasteiger partial charge is 0.402 e. The zero-order valence-corrected chi connectivity index (χ0v) is 23.7. The van der Waals surface area contributed by atoms with Crippen molar-refractivity contribution >= 4 is 8.32 Å². The predicted molar refractivity (Wildman–Crippen MR) is 133 cm³/mol. The lowest BCUT2D eigenvalue weighted by Gasteiger charge is -2.47. The summed E-state index contributed by atoms with van der Waals surface area (Å²) in [6.07, 6.45) is -21.0. The molecule has 0 radical (unpaired) electrons. The number of nitrogens with one attached hydrogen (secondary N) is 1. The Morgan fingerprint density at radius 1 is 0.595 bits per heavy atom. The molecule has 1 N–H and O–H groups in total. The first-order chi connectivity index (χ1) is 19.1. The molecule has 0 bridgehead atoms. The largest absolute Gasteiger partial charge is 0.416 e. The minimum absolute atomic E-state index is 0.00316. The van der Waals surface area contributed by atoms with Crippen molar-refractivity contribution < 1.29 is 57.1 Å². The van der Waals surface area contributed by atoms with Gasteiger partial charge < -0.3 is 9.74 Å². The number of alkyl halides is 12. The second kappa shape index (κ2) is 11.7. The molecular weight excluding hydrogens is 610 g/mol. The van der Waals surface area contributed by atoms with Crippen molar-refractivity contribution in [1.29, 1.82) is 0 Å². The highest BCUT2D eigenvalue weighted by atomic mass is 28.4. The van der Waals surface area contributed by atoms with E-state index in [1.165, 1.54) is 0 Å². The van der Waals surface area contributed by atoms with Crippen LogP contribution in [0.4, 0.5) is 52.7 Å². The predicted octanol–water partition coefficient (Wildman–Crippen LogP) is 9.78. The van der Waals surface area contributed by atoms with Gasteiger partial charge in [0.05, 0.1) is 22.3 Å². The van der Waals surface area contributed by atoms with Gasteiger partial charge in [0, 0.05) is 6.04 Å². The van der Waals surface area contributed by atoms with Gasteiger partial charge in [-0.25, -0.2) is 0 Å². The van der Waals surface area contributed by atoms with Crippen molar-refractivity contribution in [1.82, 2.24) is 5.32 Å². The van der Waals surface area contributed by atoms with Crippen molar-refractivity contribution in [3.63, 3.8) is 0 Å². The van der Waals surface area contributed by atoms with Crippen LogP contribution in [-0.4, -0.2) is 20.9 Å². The van der Waals surface area contributed by atoms with Crippen molar-refractivity contribution in [2.75, 3.05) is 6.54 Å². The van der Waals surface area contributed by atoms with E-state index in [1.807, 2.05) is 0 Å². The number of benzene rings is 2. The maximum atomic E-state index is 14.0. The fourth-order valence-corrected chi connectivity index (χ4v) is 8.43. The molecule has 1 unspecified atom stereocenters. The first kappa shape index (κ1) is 34.2. The van der Waals surface area contributed by atoms with Crippen molar-refractivity contribution in [2.24, 2.45) is 0 Å². The highest BCUT2D eigenvalue weighted by Crippen LogP contribution is 2.50. The molecule has 0 amide bonds. The second-order valence-corrected chi connectivity index (χ2v) is 15.0. The Hall–Kier alpha value is -2.26. The second-order valence-electron chi connectivity index (χ2n) is 10.3. The quantitative estimate of drug-likeness (QED) is 0.229. The van der Waals surface area contributed by atoms with Crippen LogP contribution in [0.15, 0.2) is 36.4 Å². The van der Waals surface area contributed by atoms with E-state index < -0.39 is 78.0 Å². The lowest BCUT2D eigenvalue weighted by atomic mass is 9.77. The highest BCUT2D eigenvalue weighted by molar-refractivity contribution is 6.73. The van der Waals surface area contributed by atoms with Crippen molar-refractivity contribution in [3.05, 3.63) is 69.8 Å². The number of halogens is 12. The van der Waals surface area contributed by atoms with Crippen LogP contribution in [-0.2, 0) is 34.7 Å². The van der Waals surface area contributed by atoms with Gasteiger partial charge in [-0.05, 0) is 85.0 Å². The first-order valence-electron chi connectivity index (χ1n) is 13.2. The molecule has 236 valence electrons. The Morgan fingerprint density at radius 2 is 0.905 bits per heavy atom. The van der Waals surface area contributed by atoms with E-state index in [4.69, 9.17) is 4.43 Å². The molecule has 42 heavy (non-hydrogen) atoms. The van der Waals surface area contributed by atoms with Crippen LogP contribution in [0, 0.1) is 0 Å². The van der Waals surface area contributed by atoms with Gasteiger partial charge in [-0.1, -0.05) is 20.8 Å². The Morgan fingerprint density at radius 3 is 1.14 bits per heavy atom. The lowest BCUT2D eigenvalue weighted by molar-refractivity contribution is -0.144. The van der Waals surface area contributed by atoms with Gasteiger partial charge in [0.15, 0.2) is 8.32 Å². The monoisotopic (exact) mass is 639 g/mol. The molecule has 1 saturated heterocycles. The molecule has 1 heterocycles. The zero-order valence-electron chi connectivity index (χ0n) is 22.7. The summed E-state index contributed by atoms with van der Waals surface area (Å²) in [5.74, 6) is 0. The average molecular weight is 640 g/mol. The van der Waals surface area contributed by atoms with Crippen LogP contribution in [0.5, 0.6) is 0 Å². The summed E-state index contributed by atoms with van der Waals surface area (Å²) in [6, 6.07) is 0.530. The molecule has 15 heteroatoms. The van der Waals surface area contributed by atoms with E-state index in [0.29, 0.717) is 30.7 Å². The average Bonchev–Trinajstić information content (AvgIpc) is 3.43. The minimum atomic E-state index is -5.33. The summed E-state index contributed by atoms with van der Waals surface area (Å²) in [7, 11) is -3.20. The molecule has 1 atom stereocenters. The van der Waals surface area contributed by atoms with E-state index in [9.17, 15) is 52.7 Å². The summed E-state index contributed by atoms with van der Waals surface area (Å²) in [5, 5.41) is 2.89. The molecule has 2 nitrogen and oxygen atoms in total. The van der Waals surface area contributed by atoms with E-state index in [0.717, 1.165) is 0 Å². The standard InChI is InChI=1S/C27H29F12NOSi/c1-4-42(5-2,6-3)41-23(22-8-7-9-40-22,16-10-18(24(28,29)30)14-19(11-16)25(31,32)33)17-12-20(26(34,35)36)15-21(13-17)27(37,38)39/h10-15,22,40H,4-9H2,1-3H3. The summed E-state index contributed by atoms with van der Waals surface area (Å²) in [6.45, 7) is 5.14. The highest BCUT2D eigenvalue weighted by Gasteiger charge is 2.52. The molecule has 0 aromatic heterocycles. The molecule has 2 aromatic rings. The van der Waals surface area contributed by atoms with E-state index in [-0.39, 0.29) is 43.2 Å². The summed E-state index contributed by atoms with van der Waals surface area (Å²) in [5.41, 5.74) is -11.3. The van der Waals surface area contributed by atoms with Crippen LogP contribution in [0.1, 0.15) is 67.0 Å². The molecule has 0 aliphatic carbocycles. The summed E-state index contributed by atoms with van der Waals surface area (Å²) < 4.78 is 174.